The second-order valence-corrected chi connectivity index (χ2v) is 4.74. The Hall–Kier alpha value is -1.16. The first-order valence-electron chi connectivity index (χ1n) is 4.99. The molecule has 0 fully saturated rings. The summed E-state index contributed by atoms with van der Waals surface area (Å²) in [6, 6.07) is 4.91. The van der Waals surface area contributed by atoms with E-state index in [0.29, 0.717) is 6.54 Å². The number of hydrogen-bond acceptors (Lipinski definition) is 1. The molecule has 2 rings (SSSR count). The van der Waals surface area contributed by atoms with Crippen LogP contribution in [0.1, 0.15) is 17.0 Å². The van der Waals surface area contributed by atoms with Gasteiger partial charge in [-0.2, -0.15) is 0 Å². The van der Waals surface area contributed by atoms with Crippen LogP contribution < -0.4 is 0 Å². The van der Waals surface area contributed by atoms with E-state index in [9.17, 15) is 4.39 Å². The number of hydrogen-bond donors (Lipinski definition) is 0. The SMILES string of the molecule is Cc1ncn(Cc2cc(F)cc(Br)c2)c1C. The van der Waals surface area contributed by atoms with E-state index >= 15 is 0 Å². The van der Waals surface area contributed by atoms with Crippen molar-refractivity contribution in [1.29, 1.82) is 0 Å². The molecule has 1 heterocycles. The average Bonchev–Trinajstić information content (AvgIpc) is 2.48. The third-order valence-corrected chi connectivity index (χ3v) is 3.08. The molecule has 0 atom stereocenters. The molecule has 0 aliphatic rings. The summed E-state index contributed by atoms with van der Waals surface area (Å²) in [4.78, 5) is 4.21. The molecule has 0 spiro atoms. The molecule has 1 aromatic carbocycles. The molecule has 1 aromatic heterocycles. The van der Waals surface area contributed by atoms with Crippen LogP contribution in [-0.2, 0) is 6.54 Å². The summed E-state index contributed by atoms with van der Waals surface area (Å²) in [7, 11) is 0. The van der Waals surface area contributed by atoms with Gasteiger partial charge in [0.25, 0.3) is 0 Å². The summed E-state index contributed by atoms with van der Waals surface area (Å²) in [5, 5.41) is 0. The zero-order chi connectivity index (χ0) is 11.7. The molecule has 4 heteroatoms. The second-order valence-electron chi connectivity index (χ2n) is 3.82. The van der Waals surface area contributed by atoms with Gasteiger partial charge in [-0.05, 0) is 37.6 Å². The summed E-state index contributed by atoms with van der Waals surface area (Å²) < 4.78 is 16.0. The minimum absolute atomic E-state index is 0.223. The molecule has 0 radical (unpaired) electrons. The molecule has 0 amide bonds. The summed E-state index contributed by atoms with van der Waals surface area (Å²) >= 11 is 3.29. The Labute approximate surface area is 102 Å². The summed E-state index contributed by atoms with van der Waals surface area (Å²) in [5.41, 5.74) is 3.04. The van der Waals surface area contributed by atoms with Crippen molar-refractivity contribution in [3.05, 3.63) is 51.8 Å². The van der Waals surface area contributed by atoms with E-state index in [4.69, 9.17) is 0 Å². The van der Waals surface area contributed by atoms with Crippen molar-refractivity contribution in [2.75, 3.05) is 0 Å². The molecule has 0 aliphatic heterocycles. The zero-order valence-corrected chi connectivity index (χ0v) is 10.8. The molecule has 0 saturated carbocycles. The maximum Gasteiger partial charge on any atom is 0.124 e. The molecule has 0 unspecified atom stereocenters. The van der Waals surface area contributed by atoms with E-state index in [1.54, 1.807) is 12.4 Å². The first kappa shape index (κ1) is 11.3. The van der Waals surface area contributed by atoms with Crippen molar-refractivity contribution in [1.82, 2.24) is 9.55 Å². The fraction of sp³-hybridized carbons (Fsp3) is 0.250. The maximum absolute atomic E-state index is 13.2. The largest absolute Gasteiger partial charge is 0.330 e. The van der Waals surface area contributed by atoms with Crippen LogP contribution in [0, 0.1) is 19.7 Å². The second kappa shape index (κ2) is 4.37. The lowest BCUT2D eigenvalue weighted by atomic mass is 10.2. The molecular formula is C12H12BrFN2. The summed E-state index contributed by atoms with van der Waals surface area (Å²) in [6.45, 7) is 4.62. The molecule has 0 bridgehead atoms. The van der Waals surface area contributed by atoms with Crippen molar-refractivity contribution in [2.24, 2.45) is 0 Å². The Morgan fingerprint density at radius 2 is 2.06 bits per heavy atom. The van der Waals surface area contributed by atoms with Gasteiger partial charge in [-0.1, -0.05) is 15.9 Å². The number of benzene rings is 1. The van der Waals surface area contributed by atoms with Crippen LogP contribution in [0.15, 0.2) is 29.0 Å². The van der Waals surface area contributed by atoms with Crippen molar-refractivity contribution in [3.63, 3.8) is 0 Å². The fourth-order valence-electron chi connectivity index (χ4n) is 1.60. The van der Waals surface area contributed by atoms with Crippen molar-refractivity contribution >= 4 is 15.9 Å². The van der Waals surface area contributed by atoms with Gasteiger partial charge >= 0.3 is 0 Å². The van der Waals surface area contributed by atoms with E-state index in [1.807, 2.05) is 24.5 Å². The van der Waals surface area contributed by atoms with Crippen molar-refractivity contribution < 1.29 is 4.39 Å². The van der Waals surface area contributed by atoms with Crippen molar-refractivity contribution in [2.45, 2.75) is 20.4 Å². The molecular weight excluding hydrogens is 271 g/mol. The zero-order valence-electron chi connectivity index (χ0n) is 9.17. The normalized spacial score (nSPS) is 10.8. The molecule has 16 heavy (non-hydrogen) atoms. The third-order valence-electron chi connectivity index (χ3n) is 2.62. The highest BCUT2D eigenvalue weighted by atomic mass is 79.9. The van der Waals surface area contributed by atoms with E-state index < -0.39 is 0 Å². The van der Waals surface area contributed by atoms with Crippen LogP contribution in [0.4, 0.5) is 4.39 Å². The van der Waals surface area contributed by atoms with Gasteiger partial charge in [-0.25, -0.2) is 9.37 Å². The number of imidazole rings is 1. The Bertz CT molecular complexity index is 499. The van der Waals surface area contributed by atoms with Gasteiger partial charge < -0.3 is 4.57 Å². The maximum atomic E-state index is 13.2. The standard InChI is InChI=1S/C12H12BrFN2/c1-8-9(2)16(7-15-8)6-10-3-11(13)5-12(14)4-10/h3-5,7H,6H2,1-2H3. The van der Waals surface area contributed by atoms with Crippen LogP contribution in [0.5, 0.6) is 0 Å². The first-order chi connectivity index (χ1) is 7.56. The van der Waals surface area contributed by atoms with E-state index in [2.05, 4.69) is 20.9 Å². The molecule has 84 valence electrons. The van der Waals surface area contributed by atoms with Crippen LogP contribution in [0.2, 0.25) is 0 Å². The fourth-order valence-corrected chi connectivity index (χ4v) is 2.12. The van der Waals surface area contributed by atoms with E-state index in [0.717, 1.165) is 21.4 Å². The molecule has 2 aromatic rings. The molecule has 0 N–H and O–H groups in total. The van der Waals surface area contributed by atoms with Crippen LogP contribution in [0.25, 0.3) is 0 Å². The van der Waals surface area contributed by atoms with Gasteiger partial charge in [0, 0.05) is 16.7 Å². The Morgan fingerprint density at radius 3 is 2.62 bits per heavy atom. The number of rotatable bonds is 2. The number of nitrogens with zero attached hydrogens (tertiary/aromatic N) is 2. The Kier molecular flexibility index (Phi) is 3.10. The van der Waals surface area contributed by atoms with Gasteiger partial charge in [0.1, 0.15) is 5.82 Å². The predicted octanol–water partition coefficient (Wildman–Crippen LogP) is 3.45. The molecule has 2 nitrogen and oxygen atoms in total. The summed E-state index contributed by atoms with van der Waals surface area (Å²) in [6.07, 6.45) is 1.78. The Balaban J connectivity index is 2.30. The van der Waals surface area contributed by atoms with Gasteiger partial charge in [-0.3, -0.25) is 0 Å². The summed E-state index contributed by atoms with van der Waals surface area (Å²) in [5.74, 6) is -0.223. The van der Waals surface area contributed by atoms with E-state index in [1.165, 1.54) is 6.07 Å². The number of aryl methyl sites for hydroxylation is 1. The molecule has 0 saturated heterocycles. The monoisotopic (exact) mass is 282 g/mol. The lowest BCUT2D eigenvalue weighted by molar-refractivity contribution is 0.622. The number of halogens is 2. The van der Waals surface area contributed by atoms with Gasteiger partial charge in [0.05, 0.1) is 12.0 Å². The third kappa shape index (κ3) is 2.32. The van der Waals surface area contributed by atoms with Crippen LogP contribution >= 0.6 is 15.9 Å². The topological polar surface area (TPSA) is 17.8 Å². The Morgan fingerprint density at radius 1 is 1.31 bits per heavy atom. The average molecular weight is 283 g/mol. The van der Waals surface area contributed by atoms with E-state index in [-0.39, 0.29) is 5.82 Å². The number of aromatic nitrogens is 2. The van der Waals surface area contributed by atoms with Gasteiger partial charge in [0.2, 0.25) is 0 Å². The molecule has 0 aliphatic carbocycles. The minimum Gasteiger partial charge on any atom is -0.330 e. The highest BCUT2D eigenvalue weighted by Gasteiger charge is 2.04. The highest BCUT2D eigenvalue weighted by Crippen LogP contribution is 2.16. The highest BCUT2D eigenvalue weighted by molar-refractivity contribution is 9.10. The van der Waals surface area contributed by atoms with Gasteiger partial charge in [0.15, 0.2) is 0 Å². The quantitative estimate of drug-likeness (QED) is 0.825. The minimum atomic E-state index is -0.223. The lowest BCUT2D eigenvalue weighted by Crippen LogP contribution is -2.01. The van der Waals surface area contributed by atoms with Crippen LogP contribution in [-0.4, -0.2) is 9.55 Å². The lowest BCUT2D eigenvalue weighted by Gasteiger charge is -2.06. The van der Waals surface area contributed by atoms with Gasteiger partial charge in [-0.15, -0.1) is 0 Å². The predicted molar refractivity (Wildman–Crippen MR) is 64.9 cm³/mol. The first-order valence-corrected chi connectivity index (χ1v) is 5.79. The smallest absolute Gasteiger partial charge is 0.124 e. The van der Waals surface area contributed by atoms with Crippen LogP contribution in [0.3, 0.4) is 0 Å². The van der Waals surface area contributed by atoms with Crippen molar-refractivity contribution in [3.8, 4) is 0 Å².